The fourth-order valence-corrected chi connectivity index (χ4v) is 4.42. The second-order valence-corrected chi connectivity index (χ2v) is 9.18. The van der Waals surface area contributed by atoms with Gasteiger partial charge in [0.2, 0.25) is 0 Å². The molecule has 0 aromatic heterocycles. The zero-order valence-corrected chi connectivity index (χ0v) is 20.5. The lowest BCUT2D eigenvalue weighted by Gasteiger charge is -2.32. The number of esters is 1. The van der Waals surface area contributed by atoms with Crippen molar-refractivity contribution in [2.45, 2.75) is 44.4 Å². The Hall–Kier alpha value is -2.64. The molecule has 2 aromatic rings. The molecule has 0 saturated carbocycles. The first-order chi connectivity index (χ1) is 16.5. The van der Waals surface area contributed by atoms with Crippen molar-refractivity contribution >= 4 is 22.7 Å². The van der Waals surface area contributed by atoms with Crippen molar-refractivity contribution in [1.82, 2.24) is 9.80 Å². The lowest BCUT2D eigenvalue weighted by atomic mass is 9.91. The van der Waals surface area contributed by atoms with Crippen LogP contribution in [0.5, 0.6) is 5.75 Å². The van der Waals surface area contributed by atoms with E-state index < -0.39 is 11.9 Å². The lowest BCUT2D eigenvalue weighted by Crippen LogP contribution is -2.44. The van der Waals surface area contributed by atoms with E-state index >= 15 is 0 Å². The third-order valence-corrected chi connectivity index (χ3v) is 6.62. The summed E-state index contributed by atoms with van der Waals surface area (Å²) in [6.07, 6.45) is 4.23. The van der Waals surface area contributed by atoms with Gasteiger partial charge in [-0.25, -0.2) is 0 Å². The molecule has 1 unspecified atom stereocenters. The van der Waals surface area contributed by atoms with Crippen LogP contribution >= 0.6 is 0 Å². The Morgan fingerprint density at radius 1 is 0.971 bits per heavy atom. The Balaban J connectivity index is 1.33. The van der Waals surface area contributed by atoms with Gasteiger partial charge in [0.1, 0.15) is 5.75 Å². The molecule has 7 heteroatoms. The van der Waals surface area contributed by atoms with Crippen LogP contribution in [0.3, 0.4) is 0 Å². The van der Waals surface area contributed by atoms with E-state index in [0.717, 1.165) is 80.5 Å². The van der Waals surface area contributed by atoms with Gasteiger partial charge in [0.25, 0.3) is 0 Å². The number of likely N-dealkylation sites (N-methyl/N-ethyl adjacent to an activating group) is 1. The Labute approximate surface area is 202 Å². The topological polar surface area (TPSA) is 79.3 Å². The number of unbranched alkanes of at least 4 members (excludes halogenated alkanes) is 2. The van der Waals surface area contributed by atoms with Crippen LogP contribution in [-0.4, -0.2) is 80.3 Å². The minimum atomic E-state index is -0.806. The van der Waals surface area contributed by atoms with Gasteiger partial charge in [-0.05, 0) is 61.3 Å². The number of carbonyl (C=O) groups excluding carboxylic acids is 1. The zero-order chi connectivity index (χ0) is 24.3. The summed E-state index contributed by atoms with van der Waals surface area (Å²) in [7, 11) is 3.77. The smallest absolute Gasteiger partial charge is 0.310 e. The van der Waals surface area contributed by atoms with Gasteiger partial charge >= 0.3 is 11.9 Å². The first-order valence-electron chi connectivity index (χ1n) is 12.3. The van der Waals surface area contributed by atoms with Gasteiger partial charge < -0.3 is 24.4 Å². The van der Waals surface area contributed by atoms with Gasteiger partial charge in [0.15, 0.2) is 0 Å². The first-order valence-corrected chi connectivity index (χ1v) is 12.3. The third-order valence-electron chi connectivity index (χ3n) is 6.62. The van der Waals surface area contributed by atoms with Crippen molar-refractivity contribution in [2.24, 2.45) is 0 Å². The van der Waals surface area contributed by atoms with Crippen molar-refractivity contribution in [1.29, 1.82) is 0 Å². The van der Waals surface area contributed by atoms with Crippen molar-refractivity contribution in [2.75, 3.05) is 53.5 Å². The monoisotopic (exact) mass is 470 g/mol. The molecule has 2 aromatic carbocycles. The maximum absolute atomic E-state index is 12.0. The molecule has 1 fully saturated rings. The van der Waals surface area contributed by atoms with E-state index in [2.05, 4.69) is 16.8 Å². The molecule has 0 aliphatic carbocycles. The van der Waals surface area contributed by atoms with E-state index in [0.29, 0.717) is 19.4 Å². The summed E-state index contributed by atoms with van der Waals surface area (Å²) in [4.78, 5) is 28.6. The van der Waals surface area contributed by atoms with Gasteiger partial charge in [0, 0.05) is 32.6 Å². The van der Waals surface area contributed by atoms with E-state index in [1.807, 2.05) is 36.4 Å². The molecule has 0 amide bonds. The molecule has 3 rings (SSSR count). The number of methoxy groups -OCH3 is 1. The van der Waals surface area contributed by atoms with Crippen molar-refractivity contribution in [3.05, 3.63) is 42.0 Å². The molecule has 1 heterocycles. The molecule has 1 atom stereocenters. The molecule has 1 aliphatic rings. The Bertz CT molecular complexity index is 940. The predicted octanol–water partition coefficient (Wildman–Crippen LogP) is 4.15. The fraction of sp³-hybridized carbons (Fsp3) is 0.556. The van der Waals surface area contributed by atoms with Crippen LogP contribution in [0.25, 0.3) is 10.8 Å². The van der Waals surface area contributed by atoms with E-state index in [9.17, 15) is 14.7 Å². The van der Waals surface area contributed by atoms with Crippen molar-refractivity contribution < 1.29 is 24.2 Å². The largest absolute Gasteiger partial charge is 0.497 e. The molecule has 0 spiro atoms. The van der Waals surface area contributed by atoms with Crippen molar-refractivity contribution in [3.63, 3.8) is 0 Å². The molecule has 0 radical (unpaired) electrons. The molecular weight excluding hydrogens is 432 g/mol. The second-order valence-electron chi connectivity index (χ2n) is 9.18. The molecule has 1 saturated heterocycles. The lowest BCUT2D eigenvalue weighted by molar-refractivity contribution is -0.144. The van der Waals surface area contributed by atoms with E-state index in [1.54, 1.807) is 7.11 Å². The van der Waals surface area contributed by atoms with Crippen LogP contribution < -0.4 is 4.74 Å². The number of hydrogen-bond donors (Lipinski definition) is 1. The van der Waals surface area contributed by atoms with Crippen LogP contribution in [0.2, 0.25) is 0 Å². The van der Waals surface area contributed by atoms with E-state index in [4.69, 9.17) is 9.47 Å². The SMILES string of the molecule is COc1ccc2cc(C(CCCCCOC(=O)CCCN3CCN(C)CC3)C(=O)O)ccc2c1. The average Bonchev–Trinajstić information content (AvgIpc) is 2.84. The number of carboxylic acid groups (broad SMARTS) is 1. The third kappa shape index (κ3) is 7.99. The average molecular weight is 471 g/mol. The fourth-order valence-electron chi connectivity index (χ4n) is 4.42. The second kappa shape index (κ2) is 13.3. The molecule has 1 N–H and O–H groups in total. The van der Waals surface area contributed by atoms with Gasteiger partial charge in [0.05, 0.1) is 19.6 Å². The molecule has 1 aliphatic heterocycles. The molecule has 34 heavy (non-hydrogen) atoms. The maximum Gasteiger partial charge on any atom is 0.310 e. The number of ether oxygens (including phenoxy) is 2. The molecule has 0 bridgehead atoms. The molecule has 186 valence electrons. The zero-order valence-electron chi connectivity index (χ0n) is 20.5. The summed E-state index contributed by atoms with van der Waals surface area (Å²) >= 11 is 0. The highest BCUT2D eigenvalue weighted by Crippen LogP contribution is 2.28. The summed E-state index contributed by atoms with van der Waals surface area (Å²) in [6, 6.07) is 11.6. The molecule has 7 nitrogen and oxygen atoms in total. The quantitative estimate of drug-likeness (QED) is 0.348. The number of aliphatic carboxylic acids is 1. The first kappa shape index (κ1) is 26.0. The number of nitrogens with zero attached hydrogens (tertiary/aromatic N) is 2. The number of carboxylic acids is 1. The summed E-state index contributed by atoms with van der Waals surface area (Å²) in [5, 5.41) is 11.8. The number of carbonyl (C=O) groups is 2. The van der Waals surface area contributed by atoms with Gasteiger partial charge in [-0.2, -0.15) is 0 Å². The summed E-state index contributed by atoms with van der Waals surface area (Å²) in [5.74, 6) is -0.695. The standard InChI is InChI=1S/C27H38N2O5/c1-28-14-16-29(17-15-28)13-6-8-26(30)34-18-5-3-4-7-25(27(31)32)23-10-9-22-20-24(33-2)12-11-21(22)19-23/h9-12,19-20,25H,3-8,13-18H2,1-2H3,(H,31,32). The highest BCUT2D eigenvalue weighted by atomic mass is 16.5. The number of piperazine rings is 1. The minimum absolute atomic E-state index is 0.134. The van der Waals surface area contributed by atoms with Crippen LogP contribution in [0.1, 0.15) is 50.0 Å². The Kier molecular flexibility index (Phi) is 10.2. The van der Waals surface area contributed by atoms with Crippen LogP contribution in [0.4, 0.5) is 0 Å². The Morgan fingerprint density at radius 2 is 1.71 bits per heavy atom. The normalized spacial score (nSPS) is 15.8. The number of fused-ring (bicyclic) bond motifs is 1. The highest BCUT2D eigenvalue weighted by Gasteiger charge is 2.20. The summed E-state index contributed by atoms with van der Waals surface area (Å²) < 4.78 is 10.6. The Morgan fingerprint density at radius 3 is 2.44 bits per heavy atom. The predicted molar refractivity (Wildman–Crippen MR) is 133 cm³/mol. The number of hydrogen-bond acceptors (Lipinski definition) is 6. The van der Waals surface area contributed by atoms with Crippen LogP contribution in [0, 0.1) is 0 Å². The van der Waals surface area contributed by atoms with E-state index in [1.165, 1.54) is 0 Å². The van der Waals surface area contributed by atoms with E-state index in [-0.39, 0.29) is 5.97 Å². The summed E-state index contributed by atoms with van der Waals surface area (Å²) in [5.41, 5.74) is 0.817. The number of benzene rings is 2. The van der Waals surface area contributed by atoms with Gasteiger partial charge in [-0.3, -0.25) is 9.59 Å². The molecular formula is C27H38N2O5. The van der Waals surface area contributed by atoms with Crippen LogP contribution in [0.15, 0.2) is 36.4 Å². The highest BCUT2D eigenvalue weighted by molar-refractivity contribution is 5.86. The summed E-state index contributed by atoms with van der Waals surface area (Å²) in [6.45, 7) is 5.66. The van der Waals surface area contributed by atoms with Crippen LogP contribution in [-0.2, 0) is 14.3 Å². The van der Waals surface area contributed by atoms with Gasteiger partial charge in [-0.15, -0.1) is 0 Å². The minimum Gasteiger partial charge on any atom is -0.497 e. The van der Waals surface area contributed by atoms with Gasteiger partial charge in [-0.1, -0.05) is 37.1 Å². The number of rotatable bonds is 13. The van der Waals surface area contributed by atoms with Crippen molar-refractivity contribution in [3.8, 4) is 5.75 Å². The maximum atomic E-state index is 12.0.